The first-order chi connectivity index (χ1) is 7.66. The minimum Gasteiger partial charge on any atom is -0.349 e. The highest BCUT2D eigenvalue weighted by molar-refractivity contribution is 5.94. The van der Waals surface area contributed by atoms with Gasteiger partial charge in [0.25, 0.3) is 5.91 Å². The molecule has 0 radical (unpaired) electrons. The summed E-state index contributed by atoms with van der Waals surface area (Å²) in [4.78, 5) is 14.8. The quantitative estimate of drug-likeness (QED) is 0.784. The van der Waals surface area contributed by atoms with Gasteiger partial charge in [-0.15, -0.1) is 0 Å². The van der Waals surface area contributed by atoms with E-state index in [1.54, 1.807) is 0 Å². The summed E-state index contributed by atoms with van der Waals surface area (Å²) in [6, 6.07) is 0.947. The zero-order valence-corrected chi connectivity index (χ0v) is 8.67. The maximum absolute atomic E-state index is 13.2. The van der Waals surface area contributed by atoms with E-state index in [2.05, 4.69) is 10.3 Å². The molecule has 5 heteroatoms. The Kier molecular flexibility index (Phi) is 3.12. The Morgan fingerprint density at radius 3 is 2.75 bits per heavy atom. The number of rotatable bonds is 2. The van der Waals surface area contributed by atoms with Crippen LogP contribution in [0.25, 0.3) is 0 Å². The maximum atomic E-state index is 13.2. The molecule has 1 aliphatic carbocycles. The summed E-state index contributed by atoms with van der Waals surface area (Å²) in [5.41, 5.74) is -0.327. The molecular formula is C11H12F2N2O. The van der Waals surface area contributed by atoms with Gasteiger partial charge in [0.2, 0.25) is 5.95 Å². The van der Waals surface area contributed by atoms with Gasteiger partial charge in [-0.3, -0.25) is 4.79 Å². The van der Waals surface area contributed by atoms with E-state index in [9.17, 15) is 13.6 Å². The lowest BCUT2D eigenvalue weighted by atomic mass is 10.2. The first-order valence-corrected chi connectivity index (χ1v) is 5.29. The number of nitrogens with zero attached hydrogens (tertiary/aromatic N) is 1. The maximum Gasteiger partial charge on any atom is 0.256 e. The minimum atomic E-state index is -0.933. The Hall–Kier alpha value is -1.52. The Bertz CT molecular complexity index is 403. The molecular weight excluding hydrogens is 214 g/mol. The number of hydrogen-bond acceptors (Lipinski definition) is 2. The first-order valence-electron chi connectivity index (χ1n) is 5.29. The molecule has 0 bridgehead atoms. The van der Waals surface area contributed by atoms with Gasteiger partial charge in [0.1, 0.15) is 5.82 Å². The molecule has 1 heterocycles. The lowest BCUT2D eigenvalue weighted by Gasteiger charge is -2.11. The predicted octanol–water partition coefficient (Wildman–Crippen LogP) is 2.03. The van der Waals surface area contributed by atoms with E-state index in [0.717, 1.165) is 37.9 Å². The first kappa shape index (κ1) is 11.0. The second-order valence-electron chi connectivity index (χ2n) is 3.95. The second-order valence-corrected chi connectivity index (χ2v) is 3.95. The summed E-state index contributed by atoms with van der Waals surface area (Å²) in [6.45, 7) is 0. The number of pyridine rings is 1. The Morgan fingerprint density at radius 1 is 1.38 bits per heavy atom. The number of carbonyl (C=O) groups excluding carboxylic acids is 1. The summed E-state index contributed by atoms with van der Waals surface area (Å²) in [6.07, 6.45) is 4.68. The summed E-state index contributed by atoms with van der Waals surface area (Å²) in [7, 11) is 0. The van der Waals surface area contributed by atoms with Crippen LogP contribution in [0.3, 0.4) is 0 Å². The standard InChI is InChI=1S/C11H12F2N2O/c12-7-5-9(10(13)14-6-7)11(16)15-8-3-1-2-4-8/h5-6,8H,1-4H2,(H,15,16). The molecule has 0 unspecified atom stereocenters. The van der Waals surface area contributed by atoms with Crippen LogP contribution in [0.2, 0.25) is 0 Å². The van der Waals surface area contributed by atoms with Crippen molar-refractivity contribution in [1.29, 1.82) is 0 Å². The van der Waals surface area contributed by atoms with Gasteiger partial charge in [0.15, 0.2) is 0 Å². The van der Waals surface area contributed by atoms with Crippen molar-refractivity contribution in [3.8, 4) is 0 Å². The average Bonchev–Trinajstić information content (AvgIpc) is 2.74. The van der Waals surface area contributed by atoms with Crippen molar-refractivity contribution >= 4 is 5.91 Å². The number of aromatic nitrogens is 1. The largest absolute Gasteiger partial charge is 0.349 e. The summed E-state index contributed by atoms with van der Waals surface area (Å²) < 4.78 is 26.0. The lowest BCUT2D eigenvalue weighted by molar-refractivity contribution is 0.0932. The molecule has 0 atom stereocenters. The van der Waals surface area contributed by atoms with Crippen molar-refractivity contribution in [3.05, 3.63) is 29.6 Å². The molecule has 3 nitrogen and oxygen atoms in total. The van der Waals surface area contributed by atoms with E-state index in [0.29, 0.717) is 0 Å². The van der Waals surface area contributed by atoms with Crippen molar-refractivity contribution < 1.29 is 13.6 Å². The highest BCUT2D eigenvalue weighted by Gasteiger charge is 2.20. The van der Waals surface area contributed by atoms with Crippen LogP contribution in [0.5, 0.6) is 0 Å². The predicted molar refractivity (Wildman–Crippen MR) is 53.9 cm³/mol. The van der Waals surface area contributed by atoms with Gasteiger partial charge in [-0.25, -0.2) is 9.37 Å². The van der Waals surface area contributed by atoms with Crippen molar-refractivity contribution in [3.63, 3.8) is 0 Å². The van der Waals surface area contributed by atoms with Crippen molar-refractivity contribution in [2.45, 2.75) is 31.7 Å². The molecule has 0 saturated heterocycles. The van der Waals surface area contributed by atoms with Gasteiger partial charge in [-0.05, 0) is 18.9 Å². The average molecular weight is 226 g/mol. The van der Waals surface area contributed by atoms with Crippen LogP contribution in [0, 0.1) is 11.8 Å². The molecule has 1 aliphatic rings. The fraction of sp³-hybridized carbons (Fsp3) is 0.455. The minimum absolute atomic E-state index is 0.0789. The van der Waals surface area contributed by atoms with Crippen LogP contribution in [0.4, 0.5) is 8.78 Å². The van der Waals surface area contributed by atoms with Crippen LogP contribution in [0.15, 0.2) is 12.3 Å². The monoisotopic (exact) mass is 226 g/mol. The molecule has 1 aromatic heterocycles. The van der Waals surface area contributed by atoms with E-state index < -0.39 is 17.7 Å². The Labute approximate surface area is 91.9 Å². The smallest absolute Gasteiger partial charge is 0.256 e. The zero-order valence-electron chi connectivity index (χ0n) is 8.67. The van der Waals surface area contributed by atoms with Gasteiger partial charge < -0.3 is 5.32 Å². The molecule has 2 rings (SSSR count). The second kappa shape index (κ2) is 4.55. The third-order valence-electron chi connectivity index (χ3n) is 2.74. The van der Waals surface area contributed by atoms with E-state index in [1.165, 1.54) is 0 Å². The fourth-order valence-corrected chi connectivity index (χ4v) is 1.92. The molecule has 1 saturated carbocycles. The third kappa shape index (κ3) is 2.35. The van der Waals surface area contributed by atoms with Gasteiger partial charge in [-0.1, -0.05) is 12.8 Å². The van der Waals surface area contributed by atoms with Gasteiger partial charge in [0.05, 0.1) is 11.8 Å². The lowest BCUT2D eigenvalue weighted by Crippen LogP contribution is -2.33. The van der Waals surface area contributed by atoms with Crippen LogP contribution in [-0.4, -0.2) is 16.9 Å². The SMILES string of the molecule is O=C(NC1CCCC1)c1cc(F)cnc1F. The van der Waals surface area contributed by atoms with Crippen LogP contribution in [-0.2, 0) is 0 Å². The highest BCUT2D eigenvalue weighted by atomic mass is 19.1. The molecule has 16 heavy (non-hydrogen) atoms. The third-order valence-corrected chi connectivity index (χ3v) is 2.74. The normalized spacial score (nSPS) is 16.4. The molecule has 86 valence electrons. The molecule has 0 aliphatic heterocycles. The van der Waals surface area contributed by atoms with E-state index in [-0.39, 0.29) is 11.6 Å². The van der Waals surface area contributed by atoms with Crippen molar-refractivity contribution in [2.75, 3.05) is 0 Å². The van der Waals surface area contributed by atoms with E-state index in [4.69, 9.17) is 0 Å². The molecule has 1 fully saturated rings. The Morgan fingerprint density at radius 2 is 2.06 bits per heavy atom. The molecule has 0 spiro atoms. The van der Waals surface area contributed by atoms with Gasteiger partial charge in [-0.2, -0.15) is 4.39 Å². The fourth-order valence-electron chi connectivity index (χ4n) is 1.92. The van der Waals surface area contributed by atoms with Gasteiger partial charge >= 0.3 is 0 Å². The van der Waals surface area contributed by atoms with Crippen LogP contribution in [0.1, 0.15) is 36.0 Å². The number of hydrogen-bond donors (Lipinski definition) is 1. The number of halogens is 2. The van der Waals surface area contributed by atoms with E-state index in [1.807, 2.05) is 0 Å². The topological polar surface area (TPSA) is 42.0 Å². The van der Waals surface area contributed by atoms with E-state index >= 15 is 0 Å². The molecule has 1 aromatic rings. The molecule has 0 aromatic carbocycles. The summed E-state index contributed by atoms with van der Waals surface area (Å²) in [5.74, 6) is -2.23. The zero-order chi connectivity index (χ0) is 11.5. The molecule has 1 N–H and O–H groups in total. The number of amides is 1. The summed E-state index contributed by atoms with van der Waals surface area (Å²) in [5, 5.41) is 2.68. The van der Waals surface area contributed by atoms with Crippen LogP contribution >= 0.6 is 0 Å². The number of carbonyl (C=O) groups is 1. The summed E-state index contributed by atoms with van der Waals surface area (Å²) >= 11 is 0. The van der Waals surface area contributed by atoms with Crippen molar-refractivity contribution in [1.82, 2.24) is 10.3 Å². The van der Waals surface area contributed by atoms with Crippen LogP contribution < -0.4 is 5.32 Å². The molecule has 1 amide bonds. The van der Waals surface area contributed by atoms with Crippen molar-refractivity contribution in [2.24, 2.45) is 0 Å². The Balaban J connectivity index is 2.10. The van der Waals surface area contributed by atoms with Gasteiger partial charge in [0, 0.05) is 6.04 Å². The number of nitrogens with one attached hydrogen (secondary N) is 1. The highest BCUT2D eigenvalue weighted by Crippen LogP contribution is 2.18.